The number of aliphatic hydroxyl groups is 1. The van der Waals surface area contributed by atoms with Gasteiger partial charge in [-0.15, -0.1) is 0 Å². The van der Waals surface area contributed by atoms with E-state index in [-0.39, 0.29) is 18.7 Å². The van der Waals surface area contributed by atoms with Gasteiger partial charge in [0.05, 0.1) is 25.4 Å². The minimum absolute atomic E-state index is 0.0436. The Balaban J connectivity index is 2.34. The van der Waals surface area contributed by atoms with Gasteiger partial charge in [-0.05, 0) is 20.9 Å². The van der Waals surface area contributed by atoms with Gasteiger partial charge in [0.1, 0.15) is 0 Å². The number of likely N-dealkylation sites (tertiary alicyclic amines) is 1. The van der Waals surface area contributed by atoms with E-state index in [2.05, 4.69) is 4.90 Å². The van der Waals surface area contributed by atoms with Crippen molar-refractivity contribution in [2.24, 2.45) is 0 Å². The van der Waals surface area contributed by atoms with E-state index in [4.69, 9.17) is 9.84 Å². The Hall–Kier alpha value is -0.690. The van der Waals surface area contributed by atoms with E-state index in [1.807, 2.05) is 13.8 Å². The Morgan fingerprint density at radius 2 is 2.17 bits per heavy atom. The van der Waals surface area contributed by atoms with Crippen molar-refractivity contribution >= 4 is 5.97 Å². The van der Waals surface area contributed by atoms with E-state index >= 15 is 0 Å². The molecule has 0 amide bonds. The van der Waals surface area contributed by atoms with Gasteiger partial charge in [0, 0.05) is 25.7 Å². The molecule has 6 heteroatoms. The lowest BCUT2D eigenvalue weighted by Crippen LogP contribution is -2.43. The van der Waals surface area contributed by atoms with Crippen LogP contribution < -0.4 is 0 Å². The summed E-state index contributed by atoms with van der Waals surface area (Å²) in [6, 6.07) is -0.111. The molecule has 2 N–H and O–H groups in total. The number of ether oxygens (including phenoxy) is 1. The second-order valence-electron chi connectivity index (χ2n) is 5.12. The number of hydrogen-bond donors (Lipinski definition) is 2. The first kappa shape index (κ1) is 15.4. The zero-order valence-electron chi connectivity index (χ0n) is 11.4. The van der Waals surface area contributed by atoms with E-state index < -0.39 is 12.1 Å². The van der Waals surface area contributed by atoms with Crippen molar-refractivity contribution in [3.05, 3.63) is 0 Å². The number of carboxylic acids is 1. The molecule has 1 rings (SSSR count). The molecule has 6 nitrogen and oxygen atoms in total. The van der Waals surface area contributed by atoms with Crippen molar-refractivity contribution in [1.29, 1.82) is 0 Å². The standard InChI is InChI=1S/C12H24N2O4/c1-9(2)18-5-4-14-6-10(11(15)7-14)13(3)8-12(16)17/h9-11,15H,4-8H2,1-3H3,(H,16,17)/t10-,11-/m1/s1. The third kappa shape index (κ3) is 4.89. The molecule has 1 aliphatic rings. The lowest BCUT2D eigenvalue weighted by molar-refractivity contribution is -0.138. The highest BCUT2D eigenvalue weighted by Crippen LogP contribution is 2.14. The number of carbonyl (C=O) groups is 1. The fraction of sp³-hybridized carbons (Fsp3) is 0.917. The van der Waals surface area contributed by atoms with Gasteiger partial charge in [0.25, 0.3) is 0 Å². The number of aliphatic hydroxyl groups excluding tert-OH is 1. The first-order valence-corrected chi connectivity index (χ1v) is 6.34. The highest BCUT2D eigenvalue weighted by atomic mass is 16.5. The van der Waals surface area contributed by atoms with Crippen LogP contribution in [0, 0.1) is 0 Å². The molecule has 0 aromatic rings. The first-order chi connectivity index (χ1) is 8.40. The number of hydrogen-bond acceptors (Lipinski definition) is 5. The van der Waals surface area contributed by atoms with E-state index in [0.717, 1.165) is 6.54 Å². The summed E-state index contributed by atoms with van der Waals surface area (Å²) in [6.45, 7) is 6.61. The highest BCUT2D eigenvalue weighted by molar-refractivity contribution is 5.69. The largest absolute Gasteiger partial charge is 0.480 e. The van der Waals surface area contributed by atoms with E-state index in [0.29, 0.717) is 19.7 Å². The summed E-state index contributed by atoms with van der Waals surface area (Å²) in [5.74, 6) is -0.869. The number of β-amino-alcohol motifs (C(OH)–C–C–N with tert-alkyl or cyclic N) is 1. The Bertz CT molecular complexity index is 273. The molecule has 2 atom stereocenters. The normalized spacial score (nSPS) is 25.2. The average Bonchev–Trinajstić information content (AvgIpc) is 2.58. The zero-order chi connectivity index (χ0) is 13.7. The van der Waals surface area contributed by atoms with Crippen LogP contribution >= 0.6 is 0 Å². The maximum Gasteiger partial charge on any atom is 0.317 e. The van der Waals surface area contributed by atoms with Crippen molar-refractivity contribution in [3.63, 3.8) is 0 Å². The van der Waals surface area contributed by atoms with Gasteiger partial charge in [-0.1, -0.05) is 0 Å². The third-order valence-electron chi connectivity index (χ3n) is 3.14. The van der Waals surface area contributed by atoms with E-state index in [1.54, 1.807) is 11.9 Å². The van der Waals surface area contributed by atoms with Gasteiger partial charge in [0.2, 0.25) is 0 Å². The molecule has 0 spiro atoms. The van der Waals surface area contributed by atoms with Crippen LogP contribution in [0.15, 0.2) is 0 Å². The lowest BCUT2D eigenvalue weighted by Gasteiger charge is -2.24. The van der Waals surface area contributed by atoms with Crippen LogP contribution in [0.2, 0.25) is 0 Å². The maximum absolute atomic E-state index is 10.6. The van der Waals surface area contributed by atoms with Gasteiger partial charge in [0.15, 0.2) is 0 Å². The average molecular weight is 260 g/mol. The Labute approximate surface area is 108 Å². The van der Waals surface area contributed by atoms with Crippen LogP contribution in [0.4, 0.5) is 0 Å². The molecule has 106 valence electrons. The van der Waals surface area contributed by atoms with Crippen LogP contribution in [0.3, 0.4) is 0 Å². The summed E-state index contributed by atoms with van der Waals surface area (Å²) in [5.41, 5.74) is 0. The molecule has 0 radical (unpaired) electrons. The minimum Gasteiger partial charge on any atom is -0.480 e. The second kappa shape index (κ2) is 7.04. The molecule has 18 heavy (non-hydrogen) atoms. The highest BCUT2D eigenvalue weighted by Gasteiger charge is 2.34. The molecular weight excluding hydrogens is 236 g/mol. The molecule has 0 aliphatic carbocycles. The summed E-state index contributed by atoms with van der Waals surface area (Å²) < 4.78 is 5.47. The van der Waals surface area contributed by atoms with E-state index in [1.165, 1.54) is 0 Å². The second-order valence-corrected chi connectivity index (χ2v) is 5.12. The molecule has 1 heterocycles. The van der Waals surface area contributed by atoms with Crippen LogP contribution in [-0.4, -0.2) is 84.1 Å². The van der Waals surface area contributed by atoms with Crippen LogP contribution in [-0.2, 0) is 9.53 Å². The number of aliphatic carboxylic acids is 1. The fourth-order valence-corrected chi connectivity index (χ4v) is 2.21. The van der Waals surface area contributed by atoms with Crippen molar-refractivity contribution in [3.8, 4) is 0 Å². The van der Waals surface area contributed by atoms with Crippen molar-refractivity contribution in [1.82, 2.24) is 9.80 Å². The lowest BCUT2D eigenvalue weighted by atomic mass is 10.2. The van der Waals surface area contributed by atoms with Gasteiger partial charge >= 0.3 is 5.97 Å². The SMILES string of the molecule is CC(C)OCCN1C[C@@H](O)[C@H](N(C)CC(=O)O)C1. The van der Waals surface area contributed by atoms with Crippen molar-refractivity contribution in [2.45, 2.75) is 32.1 Å². The topological polar surface area (TPSA) is 73.2 Å². The fourth-order valence-electron chi connectivity index (χ4n) is 2.21. The Morgan fingerprint density at radius 3 is 2.72 bits per heavy atom. The molecule has 1 saturated heterocycles. The number of nitrogens with zero attached hydrogens (tertiary/aromatic N) is 2. The predicted molar refractivity (Wildman–Crippen MR) is 67.6 cm³/mol. The molecule has 0 unspecified atom stereocenters. The molecular formula is C12H24N2O4. The van der Waals surface area contributed by atoms with Crippen LogP contribution in [0.5, 0.6) is 0 Å². The first-order valence-electron chi connectivity index (χ1n) is 6.34. The summed E-state index contributed by atoms with van der Waals surface area (Å²) in [7, 11) is 1.73. The maximum atomic E-state index is 10.6. The summed E-state index contributed by atoms with van der Waals surface area (Å²) in [4.78, 5) is 14.4. The van der Waals surface area contributed by atoms with Crippen LogP contribution in [0.1, 0.15) is 13.8 Å². The number of carboxylic acid groups (broad SMARTS) is 1. The molecule has 1 aliphatic heterocycles. The monoisotopic (exact) mass is 260 g/mol. The zero-order valence-corrected chi connectivity index (χ0v) is 11.4. The summed E-state index contributed by atoms with van der Waals surface area (Å²) in [6.07, 6.45) is -0.281. The molecule has 0 aromatic carbocycles. The van der Waals surface area contributed by atoms with E-state index in [9.17, 15) is 9.90 Å². The summed E-state index contributed by atoms with van der Waals surface area (Å²) >= 11 is 0. The van der Waals surface area contributed by atoms with Gasteiger partial charge in [-0.25, -0.2) is 0 Å². The third-order valence-corrected chi connectivity index (χ3v) is 3.14. The Morgan fingerprint density at radius 1 is 1.50 bits per heavy atom. The number of likely N-dealkylation sites (N-methyl/N-ethyl adjacent to an activating group) is 1. The van der Waals surface area contributed by atoms with Crippen molar-refractivity contribution in [2.75, 3.05) is 39.8 Å². The summed E-state index contributed by atoms with van der Waals surface area (Å²) in [5, 5.41) is 18.7. The molecule has 0 bridgehead atoms. The van der Waals surface area contributed by atoms with Crippen molar-refractivity contribution < 1.29 is 19.7 Å². The molecule has 0 saturated carbocycles. The smallest absolute Gasteiger partial charge is 0.317 e. The molecule has 0 aromatic heterocycles. The van der Waals surface area contributed by atoms with Crippen LogP contribution in [0.25, 0.3) is 0 Å². The Kier molecular flexibility index (Phi) is 6.01. The quantitative estimate of drug-likeness (QED) is 0.641. The van der Waals surface area contributed by atoms with Gasteiger partial charge < -0.3 is 14.9 Å². The predicted octanol–water partition coefficient (Wildman–Crippen LogP) is -0.527. The number of rotatable bonds is 7. The van der Waals surface area contributed by atoms with Gasteiger partial charge in [-0.3, -0.25) is 14.6 Å². The van der Waals surface area contributed by atoms with Gasteiger partial charge in [-0.2, -0.15) is 0 Å². The molecule has 1 fully saturated rings. The minimum atomic E-state index is -0.869.